The SMILES string of the molecule is Cc1cc2ncc3c(n2n1)[C@](C)(C(F)(F)F)CN3c1cc(OC2CCNC2)nc(C(F)(F)F)c1. The summed E-state index contributed by atoms with van der Waals surface area (Å²) in [6.45, 7) is 3.06. The van der Waals surface area contributed by atoms with Gasteiger partial charge >= 0.3 is 12.4 Å². The summed E-state index contributed by atoms with van der Waals surface area (Å²) in [4.78, 5) is 8.93. The highest BCUT2D eigenvalue weighted by molar-refractivity contribution is 5.73. The summed E-state index contributed by atoms with van der Waals surface area (Å²) >= 11 is 0. The Bertz CT molecular complexity index is 1250. The van der Waals surface area contributed by atoms with Crippen LogP contribution in [0.15, 0.2) is 24.4 Å². The van der Waals surface area contributed by atoms with Crippen molar-refractivity contribution in [3.63, 3.8) is 0 Å². The van der Waals surface area contributed by atoms with Gasteiger partial charge in [0, 0.05) is 30.9 Å². The molecule has 1 N–H and O–H groups in total. The van der Waals surface area contributed by atoms with Gasteiger partial charge in [-0.2, -0.15) is 31.4 Å². The smallest absolute Gasteiger partial charge is 0.433 e. The van der Waals surface area contributed by atoms with Gasteiger partial charge in [-0.1, -0.05) is 0 Å². The van der Waals surface area contributed by atoms with Crippen molar-refractivity contribution in [1.29, 1.82) is 0 Å². The van der Waals surface area contributed by atoms with E-state index in [1.807, 2.05) is 0 Å². The highest BCUT2D eigenvalue weighted by atomic mass is 19.4. The number of nitrogens with zero attached hydrogens (tertiary/aromatic N) is 5. The highest BCUT2D eigenvalue weighted by Crippen LogP contribution is 2.52. The Morgan fingerprint density at radius 2 is 1.91 bits per heavy atom. The fourth-order valence-corrected chi connectivity index (χ4v) is 4.44. The van der Waals surface area contributed by atoms with Crippen molar-refractivity contribution >= 4 is 17.0 Å². The maximum atomic E-state index is 14.4. The zero-order valence-electron chi connectivity index (χ0n) is 18.1. The van der Waals surface area contributed by atoms with Gasteiger partial charge in [-0.05, 0) is 32.9 Å². The highest BCUT2D eigenvalue weighted by Gasteiger charge is 2.60. The first-order chi connectivity index (χ1) is 15.9. The monoisotopic (exact) mass is 486 g/mol. The predicted octanol–water partition coefficient (Wildman–Crippen LogP) is 4.16. The molecule has 0 spiro atoms. The molecular formula is C21H20F6N6O. The molecule has 5 rings (SSSR count). The van der Waals surface area contributed by atoms with Crippen molar-refractivity contribution < 1.29 is 31.1 Å². The van der Waals surface area contributed by atoms with Crippen LogP contribution in [0.2, 0.25) is 0 Å². The van der Waals surface area contributed by atoms with Crippen molar-refractivity contribution in [3.05, 3.63) is 41.5 Å². The standard InChI is InChI=1S/C21H20F6N6O/c1-11-5-16-29-9-14-18(33(16)31-11)19(2,21(25,26)27)10-32(14)12-6-15(20(22,23)24)30-17(7-12)34-13-3-4-28-8-13/h5-7,9,13,28H,3-4,8,10H2,1-2H3/t13?,19-/m1/s1. The van der Waals surface area contributed by atoms with E-state index in [9.17, 15) is 26.3 Å². The minimum Gasteiger partial charge on any atom is -0.473 e. The van der Waals surface area contributed by atoms with Crippen molar-refractivity contribution in [3.8, 4) is 5.88 Å². The molecule has 182 valence electrons. The number of ether oxygens (including phenoxy) is 1. The Kier molecular flexibility index (Phi) is 4.97. The minimum absolute atomic E-state index is 0.0169. The number of halogens is 6. The number of rotatable bonds is 3. The van der Waals surface area contributed by atoms with Gasteiger partial charge in [0.05, 0.1) is 23.3 Å². The molecule has 0 bridgehead atoms. The van der Waals surface area contributed by atoms with Crippen molar-refractivity contribution in [1.82, 2.24) is 24.9 Å². The van der Waals surface area contributed by atoms with Gasteiger partial charge in [0.2, 0.25) is 5.88 Å². The molecular weight excluding hydrogens is 466 g/mol. The van der Waals surface area contributed by atoms with Gasteiger partial charge in [-0.3, -0.25) is 0 Å². The Morgan fingerprint density at radius 1 is 1.15 bits per heavy atom. The Balaban J connectivity index is 1.68. The summed E-state index contributed by atoms with van der Waals surface area (Å²) in [7, 11) is 0. The fourth-order valence-electron chi connectivity index (χ4n) is 4.44. The molecule has 5 heterocycles. The third-order valence-corrected chi connectivity index (χ3v) is 6.19. The van der Waals surface area contributed by atoms with Crippen LogP contribution < -0.4 is 15.0 Å². The molecule has 0 aromatic carbocycles. The lowest BCUT2D eigenvalue weighted by Crippen LogP contribution is -2.43. The second-order valence-corrected chi connectivity index (χ2v) is 8.74. The number of pyridine rings is 1. The van der Waals surface area contributed by atoms with Gasteiger partial charge in [0.1, 0.15) is 11.5 Å². The normalized spacial score (nSPS) is 23.1. The molecule has 1 unspecified atom stereocenters. The molecule has 7 nitrogen and oxygen atoms in total. The van der Waals surface area contributed by atoms with Crippen LogP contribution in [0.4, 0.5) is 37.7 Å². The number of fused-ring (bicyclic) bond motifs is 3. The van der Waals surface area contributed by atoms with Gasteiger partial charge in [-0.15, -0.1) is 0 Å². The molecule has 0 radical (unpaired) electrons. The molecule has 0 saturated carbocycles. The molecule has 2 aliphatic rings. The third-order valence-electron chi connectivity index (χ3n) is 6.19. The molecule has 0 aliphatic carbocycles. The van der Waals surface area contributed by atoms with E-state index in [2.05, 4.69) is 20.4 Å². The molecule has 3 aromatic rings. The molecule has 1 saturated heterocycles. The molecule has 2 aliphatic heterocycles. The maximum Gasteiger partial charge on any atom is 0.433 e. The van der Waals surface area contributed by atoms with Crippen LogP contribution in [0.3, 0.4) is 0 Å². The number of alkyl halides is 6. The van der Waals surface area contributed by atoms with Crippen LogP contribution in [0, 0.1) is 6.92 Å². The number of aromatic nitrogens is 4. The maximum absolute atomic E-state index is 14.4. The molecule has 0 amide bonds. The van der Waals surface area contributed by atoms with E-state index >= 15 is 0 Å². The summed E-state index contributed by atoms with van der Waals surface area (Å²) in [5.74, 6) is -0.301. The summed E-state index contributed by atoms with van der Waals surface area (Å²) in [6.07, 6.45) is -8.10. The average molecular weight is 486 g/mol. The topological polar surface area (TPSA) is 67.6 Å². The molecule has 2 atom stereocenters. The molecule has 1 fully saturated rings. The first-order valence-electron chi connectivity index (χ1n) is 10.5. The summed E-state index contributed by atoms with van der Waals surface area (Å²) < 4.78 is 90.7. The van der Waals surface area contributed by atoms with Crippen molar-refractivity contribution in [2.75, 3.05) is 24.5 Å². The van der Waals surface area contributed by atoms with Crippen LogP contribution in [-0.2, 0) is 11.6 Å². The lowest BCUT2D eigenvalue weighted by molar-refractivity contribution is -0.181. The van der Waals surface area contributed by atoms with Crippen LogP contribution >= 0.6 is 0 Å². The quantitative estimate of drug-likeness (QED) is 0.561. The average Bonchev–Trinajstić information content (AvgIpc) is 3.44. The number of hydrogen-bond donors (Lipinski definition) is 1. The fraction of sp³-hybridized carbons (Fsp3) is 0.476. The van der Waals surface area contributed by atoms with E-state index in [-0.39, 0.29) is 34.7 Å². The van der Waals surface area contributed by atoms with Crippen LogP contribution in [-0.4, -0.2) is 51.5 Å². The number of nitrogens with one attached hydrogen (secondary N) is 1. The Labute approximate surface area is 189 Å². The van der Waals surface area contributed by atoms with Gasteiger partial charge < -0.3 is 15.0 Å². The largest absolute Gasteiger partial charge is 0.473 e. The van der Waals surface area contributed by atoms with E-state index < -0.39 is 30.0 Å². The number of aryl methyl sites for hydroxylation is 1. The van der Waals surface area contributed by atoms with E-state index in [4.69, 9.17) is 4.74 Å². The van der Waals surface area contributed by atoms with Gasteiger partial charge in [0.15, 0.2) is 11.3 Å². The second kappa shape index (κ2) is 7.45. The van der Waals surface area contributed by atoms with Crippen LogP contribution in [0.1, 0.15) is 30.4 Å². The zero-order chi connectivity index (χ0) is 24.5. The van der Waals surface area contributed by atoms with E-state index in [1.165, 1.54) is 23.2 Å². The van der Waals surface area contributed by atoms with Gasteiger partial charge in [0.25, 0.3) is 0 Å². The summed E-state index contributed by atoms with van der Waals surface area (Å²) in [6, 6.07) is 3.50. The molecule has 3 aromatic heterocycles. The first kappa shape index (κ1) is 22.7. The Hall–Kier alpha value is -3.09. The predicted molar refractivity (Wildman–Crippen MR) is 109 cm³/mol. The zero-order valence-corrected chi connectivity index (χ0v) is 18.1. The van der Waals surface area contributed by atoms with Gasteiger partial charge in [-0.25, -0.2) is 14.5 Å². The van der Waals surface area contributed by atoms with Crippen molar-refractivity contribution in [2.45, 2.75) is 44.1 Å². The minimum atomic E-state index is -4.82. The second-order valence-electron chi connectivity index (χ2n) is 8.74. The lowest BCUT2D eigenvalue weighted by atomic mass is 9.87. The summed E-state index contributed by atoms with van der Waals surface area (Å²) in [5.41, 5.74) is -3.28. The molecule has 13 heteroatoms. The van der Waals surface area contributed by atoms with Crippen molar-refractivity contribution in [2.24, 2.45) is 0 Å². The molecule has 34 heavy (non-hydrogen) atoms. The van der Waals surface area contributed by atoms with E-state index in [0.29, 0.717) is 25.2 Å². The van der Waals surface area contributed by atoms with Crippen LogP contribution in [0.25, 0.3) is 5.65 Å². The van der Waals surface area contributed by atoms with E-state index in [1.54, 1.807) is 6.92 Å². The van der Waals surface area contributed by atoms with Crippen LogP contribution in [0.5, 0.6) is 5.88 Å². The lowest BCUT2D eigenvalue weighted by Gasteiger charge is -2.29. The summed E-state index contributed by atoms with van der Waals surface area (Å²) in [5, 5.41) is 7.21. The third kappa shape index (κ3) is 3.62. The Morgan fingerprint density at radius 3 is 2.56 bits per heavy atom. The first-order valence-corrected chi connectivity index (χ1v) is 10.5. The van der Waals surface area contributed by atoms with E-state index in [0.717, 1.165) is 17.5 Å². The number of anilines is 2. The number of hydrogen-bond acceptors (Lipinski definition) is 6.